The van der Waals surface area contributed by atoms with E-state index in [1.165, 1.54) is 16.7 Å². The highest BCUT2D eigenvalue weighted by Crippen LogP contribution is 2.09. The molecule has 4 heteroatoms. The summed E-state index contributed by atoms with van der Waals surface area (Å²) in [5.41, 5.74) is 10.7. The van der Waals surface area contributed by atoms with Gasteiger partial charge in [0, 0.05) is 12.2 Å². The molecule has 0 aliphatic heterocycles. The normalized spacial score (nSPS) is 10.9. The summed E-state index contributed by atoms with van der Waals surface area (Å²) < 4.78 is 0. The third-order valence-electron chi connectivity index (χ3n) is 3.01. The molecule has 0 aliphatic carbocycles. The Kier molecular flexibility index (Phi) is 7.22. The number of para-hydroxylation sites is 1. The van der Waals surface area contributed by atoms with E-state index in [2.05, 4.69) is 42.4 Å². The van der Waals surface area contributed by atoms with E-state index in [-0.39, 0.29) is 24.0 Å². The summed E-state index contributed by atoms with van der Waals surface area (Å²) >= 11 is 0. The minimum Gasteiger partial charge on any atom is -0.370 e. The van der Waals surface area contributed by atoms with Gasteiger partial charge in [0.25, 0.3) is 0 Å². The zero-order valence-electron chi connectivity index (χ0n) is 12.5. The van der Waals surface area contributed by atoms with Crippen molar-refractivity contribution in [1.29, 1.82) is 0 Å². The molecule has 0 aromatic heterocycles. The number of halogens is 1. The Morgan fingerprint density at radius 3 is 2.29 bits per heavy atom. The van der Waals surface area contributed by atoms with Crippen molar-refractivity contribution >= 4 is 35.6 Å². The SMILES string of the molecule is Cc1cc(C)cc(CCN=C(N)Nc2ccccc2)c1.I. The third-order valence-corrected chi connectivity index (χ3v) is 3.01. The number of nitrogens with one attached hydrogen (secondary N) is 1. The van der Waals surface area contributed by atoms with Gasteiger partial charge in [0.15, 0.2) is 5.96 Å². The zero-order valence-corrected chi connectivity index (χ0v) is 14.8. The standard InChI is InChI=1S/C17H21N3.HI/c1-13-10-14(2)12-15(11-13)8-9-19-17(18)20-16-6-4-3-5-7-16;/h3-7,10-12H,8-9H2,1-2H3,(H3,18,19,20);1H. The molecule has 3 nitrogen and oxygen atoms in total. The van der Waals surface area contributed by atoms with Gasteiger partial charge in [0.2, 0.25) is 0 Å². The Morgan fingerprint density at radius 1 is 1.05 bits per heavy atom. The van der Waals surface area contributed by atoms with Gasteiger partial charge >= 0.3 is 0 Å². The van der Waals surface area contributed by atoms with E-state index >= 15 is 0 Å². The van der Waals surface area contributed by atoms with Crippen molar-refractivity contribution in [1.82, 2.24) is 0 Å². The van der Waals surface area contributed by atoms with E-state index in [1.54, 1.807) is 0 Å². The lowest BCUT2D eigenvalue weighted by molar-refractivity contribution is 0.960. The highest BCUT2D eigenvalue weighted by Gasteiger charge is 1.97. The molecule has 2 aromatic carbocycles. The molecule has 3 N–H and O–H groups in total. The number of nitrogens with two attached hydrogens (primary N) is 1. The molecule has 112 valence electrons. The van der Waals surface area contributed by atoms with Crippen molar-refractivity contribution in [2.75, 3.05) is 11.9 Å². The molecule has 0 aliphatic rings. The van der Waals surface area contributed by atoms with E-state index in [4.69, 9.17) is 5.73 Å². The van der Waals surface area contributed by atoms with Crippen molar-refractivity contribution in [3.8, 4) is 0 Å². The molecule has 0 bridgehead atoms. The van der Waals surface area contributed by atoms with Gasteiger partial charge in [0.1, 0.15) is 0 Å². The van der Waals surface area contributed by atoms with Crippen LogP contribution in [0.4, 0.5) is 5.69 Å². The van der Waals surface area contributed by atoms with E-state index in [1.807, 2.05) is 30.3 Å². The highest BCUT2D eigenvalue weighted by atomic mass is 127. The first-order chi connectivity index (χ1) is 9.63. The molecule has 0 saturated carbocycles. The number of aliphatic imine (C=N–C) groups is 1. The van der Waals surface area contributed by atoms with E-state index in [0.29, 0.717) is 12.5 Å². The second-order valence-electron chi connectivity index (χ2n) is 5.00. The predicted molar refractivity (Wildman–Crippen MR) is 102 cm³/mol. The van der Waals surface area contributed by atoms with Crippen LogP contribution in [0.15, 0.2) is 53.5 Å². The van der Waals surface area contributed by atoms with Gasteiger partial charge in [-0.25, -0.2) is 0 Å². The maximum atomic E-state index is 5.87. The van der Waals surface area contributed by atoms with Crippen LogP contribution in [0.1, 0.15) is 16.7 Å². The van der Waals surface area contributed by atoms with Gasteiger partial charge in [-0.2, -0.15) is 0 Å². The Balaban J connectivity index is 0.00000220. The molecule has 21 heavy (non-hydrogen) atoms. The first-order valence-corrected chi connectivity index (χ1v) is 6.82. The number of benzene rings is 2. The van der Waals surface area contributed by atoms with E-state index in [9.17, 15) is 0 Å². The topological polar surface area (TPSA) is 50.4 Å². The number of hydrogen-bond donors (Lipinski definition) is 2. The highest BCUT2D eigenvalue weighted by molar-refractivity contribution is 14.0. The Hall–Kier alpha value is -1.56. The van der Waals surface area contributed by atoms with Crippen LogP contribution in [0.5, 0.6) is 0 Å². The largest absolute Gasteiger partial charge is 0.370 e. The summed E-state index contributed by atoms with van der Waals surface area (Å²) in [5, 5.41) is 3.08. The van der Waals surface area contributed by atoms with Crippen LogP contribution in [0.25, 0.3) is 0 Å². The first-order valence-electron chi connectivity index (χ1n) is 6.82. The van der Waals surface area contributed by atoms with E-state index < -0.39 is 0 Å². The molecular weight excluding hydrogens is 373 g/mol. The van der Waals surface area contributed by atoms with Gasteiger partial charge < -0.3 is 11.1 Å². The third kappa shape index (κ3) is 6.16. The average Bonchev–Trinajstić information content (AvgIpc) is 2.38. The second kappa shape index (κ2) is 8.67. The molecular formula is C17H22IN3. The lowest BCUT2D eigenvalue weighted by atomic mass is 10.1. The number of rotatable bonds is 4. The van der Waals surface area contributed by atoms with Gasteiger partial charge in [-0.15, -0.1) is 24.0 Å². The zero-order chi connectivity index (χ0) is 14.4. The van der Waals surface area contributed by atoms with Gasteiger partial charge in [-0.1, -0.05) is 47.5 Å². The van der Waals surface area contributed by atoms with Crippen molar-refractivity contribution < 1.29 is 0 Å². The summed E-state index contributed by atoms with van der Waals surface area (Å²) in [6.07, 6.45) is 0.902. The van der Waals surface area contributed by atoms with Crippen LogP contribution >= 0.6 is 24.0 Å². The minimum atomic E-state index is 0. The van der Waals surface area contributed by atoms with Crippen molar-refractivity contribution in [2.24, 2.45) is 10.7 Å². The van der Waals surface area contributed by atoms with Crippen LogP contribution in [0.2, 0.25) is 0 Å². The summed E-state index contributed by atoms with van der Waals surface area (Å²) in [6, 6.07) is 16.4. The van der Waals surface area contributed by atoms with Crippen LogP contribution in [-0.4, -0.2) is 12.5 Å². The quantitative estimate of drug-likeness (QED) is 0.469. The first kappa shape index (κ1) is 17.5. The Morgan fingerprint density at radius 2 is 1.67 bits per heavy atom. The van der Waals surface area contributed by atoms with Crippen LogP contribution in [0, 0.1) is 13.8 Å². The molecule has 0 unspecified atom stereocenters. The second-order valence-corrected chi connectivity index (χ2v) is 5.00. The van der Waals surface area contributed by atoms with Crippen LogP contribution in [-0.2, 0) is 6.42 Å². The maximum Gasteiger partial charge on any atom is 0.193 e. The van der Waals surface area contributed by atoms with Crippen LogP contribution in [0.3, 0.4) is 0 Å². The van der Waals surface area contributed by atoms with Gasteiger partial charge in [0.05, 0.1) is 0 Å². The summed E-state index contributed by atoms with van der Waals surface area (Å²) in [7, 11) is 0. The number of anilines is 1. The minimum absolute atomic E-state index is 0. The fourth-order valence-electron chi connectivity index (χ4n) is 2.23. The maximum absolute atomic E-state index is 5.87. The Bertz CT molecular complexity index is 574. The molecule has 0 atom stereocenters. The summed E-state index contributed by atoms with van der Waals surface area (Å²) in [4.78, 5) is 4.36. The monoisotopic (exact) mass is 395 g/mol. The van der Waals surface area contributed by atoms with Gasteiger partial charge in [-0.05, 0) is 38.0 Å². The molecule has 0 saturated heterocycles. The summed E-state index contributed by atoms with van der Waals surface area (Å²) in [5.74, 6) is 0.459. The number of aryl methyl sites for hydroxylation is 2. The molecule has 2 aromatic rings. The lowest BCUT2D eigenvalue weighted by Gasteiger charge is -2.06. The van der Waals surface area contributed by atoms with Crippen molar-refractivity contribution in [3.63, 3.8) is 0 Å². The van der Waals surface area contributed by atoms with Gasteiger partial charge in [-0.3, -0.25) is 4.99 Å². The molecule has 0 spiro atoms. The lowest BCUT2D eigenvalue weighted by Crippen LogP contribution is -2.23. The molecule has 0 amide bonds. The Labute approximate surface area is 143 Å². The van der Waals surface area contributed by atoms with E-state index in [0.717, 1.165) is 12.1 Å². The number of guanidine groups is 1. The molecule has 2 rings (SSSR count). The average molecular weight is 395 g/mol. The molecule has 0 heterocycles. The molecule has 0 radical (unpaired) electrons. The van der Waals surface area contributed by atoms with Crippen molar-refractivity contribution in [2.45, 2.75) is 20.3 Å². The predicted octanol–water partition coefficient (Wildman–Crippen LogP) is 3.89. The smallest absolute Gasteiger partial charge is 0.193 e. The molecule has 0 fully saturated rings. The fourth-order valence-corrected chi connectivity index (χ4v) is 2.23. The van der Waals surface area contributed by atoms with Crippen LogP contribution < -0.4 is 11.1 Å². The fraction of sp³-hybridized carbons (Fsp3) is 0.235. The number of hydrogen-bond acceptors (Lipinski definition) is 1. The summed E-state index contributed by atoms with van der Waals surface area (Å²) in [6.45, 7) is 4.92. The van der Waals surface area contributed by atoms with Crippen molar-refractivity contribution in [3.05, 3.63) is 65.2 Å². The number of nitrogens with zero attached hydrogens (tertiary/aromatic N) is 1.